The minimum absolute atomic E-state index is 0.0846. The van der Waals surface area contributed by atoms with Gasteiger partial charge in [-0.1, -0.05) is 35.5 Å². The lowest BCUT2D eigenvalue weighted by atomic mass is 10.1. The molecule has 0 saturated carbocycles. The minimum Gasteiger partial charge on any atom is -0.455 e. The van der Waals surface area contributed by atoms with E-state index in [1.807, 2.05) is 25.3 Å². The molecule has 108 valence electrons. The first kappa shape index (κ1) is 14.2. The van der Waals surface area contributed by atoms with E-state index in [0.717, 1.165) is 5.56 Å². The van der Waals surface area contributed by atoms with Crippen LogP contribution in [0.1, 0.15) is 15.9 Å². The summed E-state index contributed by atoms with van der Waals surface area (Å²) >= 11 is 7.62. The molecule has 1 amide bonds. The Bertz CT molecular complexity index is 703. The number of carbonyl (C=O) groups is 1. The maximum atomic E-state index is 12.6. The Balaban J connectivity index is 2.03. The summed E-state index contributed by atoms with van der Waals surface area (Å²) in [4.78, 5) is 22.5. The highest BCUT2D eigenvalue weighted by Crippen LogP contribution is 2.34. The first-order chi connectivity index (χ1) is 10.1. The molecule has 0 atom stereocenters. The van der Waals surface area contributed by atoms with Gasteiger partial charge < -0.3 is 4.74 Å². The van der Waals surface area contributed by atoms with Gasteiger partial charge in [-0.15, -0.1) is 0 Å². The highest BCUT2D eigenvalue weighted by Gasteiger charge is 2.30. The Labute approximate surface area is 131 Å². The molecule has 1 aromatic heterocycles. The zero-order chi connectivity index (χ0) is 15.0. The first-order valence-corrected chi connectivity index (χ1v) is 7.83. The Morgan fingerprint density at radius 3 is 2.95 bits per heavy atom. The van der Waals surface area contributed by atoms with Gasteiger partial charge >= 0.3 is 0 Å². The van der Waals surface area contributed by atoms with Crippen molar-refractivity contribution in [1.29, 1.82) is 0 Å². The van der Waals surface area contributed by atoms with E-state index in [1.165, 1.54) is 22.9 Å². The van der Waals surface area contributed by atoms with Gasteiger partial charge in [0.15, 0.2) is 11.9 Å². The van der Waals surface area contributed by atoms with Crippen LogP contribution in [-0.2, 0) is 0 Å². The van der Waals surface area contributed by atoms with Crippen molar-refractivity contribution in [2.24, 2.45) is 0 Å². The summed E-state index contributed by atoms with van der Waals surface area (Å²) in [5, 5.41) is 1.08. The molecule has 0 saturated heterocycles. The molecule has 0 radical (unpaired) electrons. The number of halogens is 1. The average molecular weight is 322 g/mol. The predicted molar refractivity (Wildman–Crippen MR) is 82.3 cm³/mol. The molecule has 21 heavy (non-hydrogen) atoms. The Morgan fingerprint density at radius 1 is 1.43 bits per heavy atom. The monoisotopic (exact) mass is 321 g/mol. The van der Waals surface area contributed by atoms with E-state index < -0.39 is 0 Å². The summed E-state index contributed by atoms with van der Waals surface area (Å²) in [5.74, 6) is 0.111. The van der Waals surface area contributed by atoms with Crippen molar-refractivity contribution < 1.29 is 9.53 Å². The molecule has 5 nitrogen and oxygen atoms in total. The molecule has 0 spiro atoms. The molecular weight excluding hydrogens is 310 g/mol. The van der Waals surface area contributed by atoms with Crippen molar-refractivity contribution in [2.45, 2.75) is 12.1 Å². The number of carbonyl (C=O) groups excluding carboxylic acids is 1. The average Bonchev–Trinajstić information content (AvgIpc) is 2.49. The lowest BCUT2D eigenvalue weighted by Crippen LogP contribution is -2.39. The lowest BCUT2D eigenvalue weighted by Gasteiger charge is -2.29. The molecule has 0 bridgehead atoms. The third-order valence-electron chi connectivity index (χ3n) is 3.18. The smallest absolute Gasteiger partial charge is 0.268 e. The number of amides is 1. The van der Waals surface area contributed by atoms with Crippen molar-refractivity contribution >= 4 is 35.0 Å². The highest BCUT2D eigenvalue weighted by atomic mass is 35.5. The van der Waals surface area contributed by atoms with E-state index in [9.17, 15) is 4.79 Å². The number of hydrogen-bond donors (Lipinski definition) is 0. The number of thioether (sulfide) groups is 1. The van der Waals surface area contributed by atoms with E-state index in [0.29, 0.717) is 27.3 Å². The van der Waals surface area contributed by atoms with Crippen LogP contribution in [0, 0.1) is 6.92 Å². The molecule has 0 N–H and O–H groups in total. The molecule has 0 unspecified atom stereocenters. The summed E-state index contributed by atoms with van der Waals surface area (Å²) in [6.45, 7) is 1.98. The number of fused-ring (bicyclic) bond motifs is 1. The van der Waals surface area contributed by atoms with E-state index in [2.05, 4.69) is 9.97 Å². The van der Waals surface area contributed by atoms with Crippen LogP contribution in [0.25, 0.3) is 0 Å². The van der Waals surface area contributed by atoms with Gasteiger partial charge in [0, 0.05) is 6.20 Å². The second-order valence-electron chi connectivity index (χ2n) is 4.49. The third-order valence-corrected chi connectivity index (χ3v) is 4.05. The highest BCUT2D eigenvalue weighted by molar-refractivity contribution is 7.98. The fourth-order valence-corrected chi connectivity index (χ4v) is 2.82. The topological polar surface area (TPSA) is 55.3 Å². The summed E-state index contributed by atoms with van der Waals surface area (Å²) in [6, 6.07) is 5.50. The quantitative estimate of drug-likeness (QED) is 0.628. The van der Waals surface area contributed by atoms with Crippen molar-refractivity contribution in [1.82, 2.24) is 9.97 Å². The van der Waals surface area contributed by atoms with Crippen molar-refractivity contribution in [3.05, 3.63) is 40.5 Å². The van der Waals surface area contributed by atoms with Crippen molar-refractivity contribution in [3.63, 3.8) is 0 Å². The second kappa shape index (κ2) is 5.54. The van der Waals surface area contributed by atoms with Crippen LogP contribution in [0.4, 0.5) is 5.69 Å². The number of ether oxygens (including phenoxy) is 1. The molecule has 2 aromatic rings. The van der Waals surface area contributed by atoms with Gasteiger partial charge in [0.05, 0.1) is 10.7 Å². The fourth-order valence-electron chi connectivity index (χ4n) is 2.17. The zero-order valence-electron chi connectivity index (χ0n) is 11.5. The summed E-state index contributed by atoms with van der Waals surface area (Å²) in [5.41, 5.74) is 1.91. The van der Waals surface area contributed by atoms with Crippen LogP contribution >= 0.6 is 23.4 Å². The molecule has 0 fully saturated rings. The largest absolute Gasteiger partial charge is 0.455 e. The molecular formula is C14H12ClN3O2S. The summed E-state index contributed by atoms with van der Waals surface area (Å²) in [6.07, 6.45) is 3.36. The van der Waals surface area contributed by atoms with Gasteiger partial charge in [-0.05, 0) is 24.8 Å². The number of hydrogen-bond acceptors (Lipinski definition) is 5. The van der Waals surface area contributed by atoms with Gasteiger partial charge in [0.1, 0.15) is 5.56 Å². The van der Waals surface area contributed by atoms with Crippen LogP contribution in [0.5, 0.6) is 5.88 Å². The van der Waals surface area contributed by atoms with Gasteiger partial charge in [-0.2, -0.15) is 4.98 Å². The van der Waals surface area contributed by atoms with Gasteiger partial charge in [0.2, 0.25) is 5.88 Å². The van der Waals surface area contributed by atoms with E-state index >= 15 is 0 Å². The normalized spacial score (nSPS) is 13.9. The molecule has 3 rings (SSSR count). The van der Waals surface area contributed by atoms with Gasteiger partial charge in [0.25, 0.3) is 5.91 Å². The van der Waals surface area contributed by atoms with Crippen molar-refractivity contribution in [3.8, 4) is 5.88 Å². The predicted octanol–water partition coefficient (Wildman–Crippen LogP) is 3.16. The first-order valence-electron chi connectivity index (χ1n) is 6.22. The number of anilines is 1. The molecule has 1 aromatic carbocycles. The Kier molecular flexibility index (Phi) is 3.73. The van der Waals surface area contributed by atoms with Crippen LogP contribution in [0.2, 0.25) is 5.02 Å². The molecule has 0 aliphatic carbocycles. The standard InChI is InChI=1S/C14H12ClN3O2S/c1-8-4-3-5-10(15)11(8)18-7-20-12-9(13(18)19)6-16-14(17-12)21-2/h3-6H,7H2,1-2H3. The molecule has 7 heteroatoms. The number of benzene rings is 1. The SMILES string of the molecule is CSc1ncc2c(n1)OCN(c1c(C)cccc1Cl)C2=O. The number of aryl methyl sites for hydroxylation is 1. The molecule has 1 aliphatic heterocycles. The summed E-state index contributed by atoms with van der Waals surface area (Å²) in [7, 11) is 0. The van der Waals surface area contributed by atoms with Crippen molar-refractivity contribution in [2.75, 3.05) is 17.9 Å². The van der Waals surface area contributed by atoms with Crippen LogP contribution in [-0.4, -0.2) is 28.9 Å². The third kappa shape index (κ3) is 2.45. The second-order valence-corrected chi connectivity index (χ2v) is 5.67. The van der Waals surface area contributed by atoms with E-state index in [-0.39, 0.29) is 12.6 Å². The number of aromatic nitrogens is 2. The Hall–Kier alpha value is -1.79. The fraction of sp³-hybridized carbons (Fsp3) is 0.214. The molecule has 1 aliphatic rings. The number of nitrogens with zero attached hydrogens (tertiary/aromatic N) is 3. The van der Waals surface area contributed by atoms with Gasteiger partial charge in [-0.3, -0.25) is 9.69 Å². The maximum Gasteiger partial charge on any atom is 0.268 e. The minimum atomic E-state index is -0.208. The zero-order valence-corrected chi connectivity index (χ0v) is 13.0. The van der Waals surface area contributed by atoms with Crippen LogP contribution in [0.15, 0.2) is 29.6 Å². The maximum absolute atomic E-state index is 12.6. The van der Waals surface area contributed by atoms with E-state index in [4.69, 9.17) is 16.3 Å². The van der Waals surface area contributed by atoms with Crippen LogP contribution < -0.4 is 9.64 Å². The van der Waals surface area contributed by atoms with E-state index in [1.54, 1.807) is 6.07 Å². The lowest BCUT2D eigenvalue weighted by molar-refractivity contribution is 0.0931. The number of para-hydroxylation sites is 1. The summed E-state index contributed by atoms with van der Waals surface area (Å²) < 4.78 is 5.60. The van der Waals surface area contributed by atoms with Crippen LogP contribution in [0.3, 0.4) is 0 Å². The number of rotatable bonds is 2. The van der Waals surface area contributed by atoms with Gasteiger partial charge in [-0.25, -0.2) is 4.98 Å². The molecule has 2 heterocycles. The Morgan fingerprint density at radius 2 is 2.24 bits per heavy atom.